The van der Waals surface area contributed by atoms with Crippen LogP contribution in [0.25, 0.3) is 0 Å². The molecule has 0 heterocycles. The fourth-order valence-electron chi connectivity index (χ4n) is 2.09. The van der Waals surface area contributed by atoms with Gasteiger partial charge >= 0.3 is 0 Å². The van der Waals surface area contributed by atoms with Crippen LogP contribution in [0.3, 0.4) is 0 Å². The molecule has 1 aliphatic rings. The molecule has 16 heavy (non-hydrogen) atoms. The van der Waals surface area contributed by atoms with Crippen molar-refractivity contribution in [2.75, 3.05) is 14.1 Å². The Balaban J connectivity index is 2.01. The van der Waals surface area contributed by atoms with E-state index in [1.807, 2.05) is 0 Å². The fraction of sp³-hybridized carbons (Fsp3) is 0.571. The summed E-state index contributed by atoms with van der Waals surface area (Å²) in [6, 6.07) is 8.72. The van der Waals surface area contributed by atoms with E-state index in [1.54, 1.807) is 0 Å². The van der Waals surface area contributed by atoms with Crippen LogP contribution in [-0.4, -0.2) is 24.5 Å². The second-order valence-corrected chi connectivity index (χ2v) is 5.37. The molecule has 2 N–H and O–H groups in total. The van der Waals surface area contributed by atoms with Crippen molar-refractivity contribution in [1.29, 1.82) is 0 Å². The zero-order valence-corrected chi connectivity index (χ0v) is 10.4. The molecule has 0 aromatic heterocycles. The highest BCUT2D eigenvalue weighted by Crippen LogP contribution is 2.36. The van der Waals surface area contributed by atoms with E-state index < -0.39 is 0 Å². The third-order valence-electron chi connectivity index (χ3n) is 3.39. The molecular formula is C14H22N2. The highest BCUT2D eigenvalue weighted by molar-refractivity contribution is 5.27. The van der Waals surface area contributed by atoms with Gasteiger partial charge in [-0.1, -0.05) is 24.3 Å². The van der Waals surface area contributed by atoms with Crippen LogP contribution in [0.15, 0.2) is 24.3 Å². The molecule has 88 valence electrons. The lowest BCUT2D eigenvalue weighted by molar-refractivity contribution is 0.400. The number of nitrogens with zero attached hydrogens (tertiary/aromatic N) is 1. The molecule has 1 aliphatic carbocycles. The van der Waals surface area contributed by atoms with E-state index >= 15 is 0 Å². The Bertz CT molecular complexity index is 354. The second-order valence-electron chi connectivity index (χ2n) is 5.37. The molecule has 2 heteroatoms. The first-order valence-electron chi connectivity index (χ1n) is 6.09. The largest absolute Gasteiger partial charge is 0.325 e. The van der Waals surface area contributed by atoms with Crippen LogP contribution < -0.4 is 5.73 Å². The van der Waals surface area contributed by atoms with E-state index in [1.165, 1.54) is 24.0 Å². The second kappa shape index (κ2) is 4.56. The minimum Gasteiger partial charge on any atom is -0.325 e. The quantitative estimate of drug-likeness (QED) is 0.820. The molecule has 0 bridgehead atoms. The van der Waals surface area contributed by atoms with Crippen LogP contribution in [0, 0.1) is 0 Å². The van der Waals surface area contributed by atoms with Crippen LogP contribution in [0.5, 0.6) is 0 Å². The molecule has 0 amide bonds. The maximum atomic E-state index is 6.14. The van der Waals surface area contributed by atoms with Crippen molar-refractivity contribution < 1.29 is 0 Å². The monoisotopic (exact) mass is 218 g/mol. The average molecular weight is 218 g/mol. The Kier molecular flexibility index (Phi) is 3.31. The van der Waals surface area contributed by atoms with Crippen LogP contribution >= 0.6 is 0 Å². The van der Waals surface area contributed by atoms with Gasteiger partial charge in [0.2, 0.25) is 0 Å². The lowest BCUT2D eigenvalue weighted by Crippen LogP contribution is -2.22. The normalized spacial score (nSPS) is 17.8. The van der Waals surface area contributed by atoms with Crippen LogP contribution in [0.2, 0.25) is 0 Å². The zero-order chi connectivity index (χ0) is 11.6. The standard InChI is InChI=1S/C14H22N2/c1-16(2)11-13-6-4-3-5-12(13)7-8-14(15)9-10-14/h3-6H,7-11,15H2,1-2H3. The lowest BCUT2D eigenvalue weighted by atomic mass is 9.99. The summed E-state index contributed by atoms with van der Waals surface area (Å²) in [5.74, 6) is 0. The van der Waals surface area contributed by atoms with Gasteiger partial charge in [0.15, 0.2) is 0 Å². The first-order chi connectivity index (χ1) is 7.59. The van der Waals surface area contributed by atoms with E-state index in [2.05, 4.69) is 43.3 Å². The van der Waals surface area contributed by atoms with Crippen LogP contribution in [-0.2, 0) is 13.0 Å². The van der Waals surface area contributed by atoms with Gasteiger partial charge in [-0.2, -0.15) is 0 Å². The SMILES string of the molecule is CN(C)Cc1ccccc1CCC1(N)CC1. The van der Waals surface area contributed by atoms with Crippen molar-refractivity contribution in [1.82, 2.24) is 4.90 Å². The van der Waals surface area contributed by atoms with Crippen molar-refractivity contribution in [2.24, 2.45) is 5.73 Å². The number of rotatable bonds is 5. The van der Waals surface area contributed by atoms with E-state index in [0.29, 0.717) is 0 Å². The third-order valence-corrected chi connectivity index (χ3v) is 3.39. The van der Waals surface area contributed by atoms with E-state index in [4.69, 9.17) is 5.73 Å². The van der Waals surface area contributed by atoms with E-state index in [-0.39, 0.29) is 5.54 Å². The summed E-state index contributed by atoms with van der Waals surface area (Å²) in [6.45, 7) is 1.02. The first kappa shape index (κ1) is 11.6. The van der Waals surface area contributed by atoms with Crippen molar-refractivity contribution in [3.63, 3.8) is 0 Å². The molecule has 0 saturated heterocycles. The molecule has 0 radical (unpaired) electrons. The molecular weight excluding hydrogens is 196 g/mol. The molecule has 2 nitrogen and oxygen atoms in total. The van der Waals surface area contributed by atoms with Gasteiger partial charge in [-0.25, -0.2) is 0 Å². The smallest absolute Gasteiger partial charge is 0.0230 e. The molecule has 1 fully saturated rings. The number of benzene rings is 1. The minimum atomic E-state index is 0.172. The summed E-state index contributed by atoms with van der Waals surface area (Å²) in [5.41, 5.74) is 9.21. The summed E-state index contributed by atoms with van der Waals surface area (Å²) in [4.78, 5) is 2.22. The summed E-state index contributed by atoms with van der Waals surface area (Å²) in [6.07, 6.45) is 4.68. The Hall–Kier alpha value is -0.860. The predicted octanol–water partition coefficient (Wildman–Crippen LogP) is 2.17. The Morgan fingerprint density at radius 2 is 1.81 bits per heavy atom. The fourth-order valence-corrected chi connectivity index (χ4v) is 2.09. The predicted molar refractivity (Wildman–Crippen MR) is 68.3 cm³/mol. The molecule has 0 spiro atoms. The maximum absolute atomic E-state index is 6.14. The molecule has 1 aromatic rings. The van der Waals surface area contributed by atoms with Gasteiger partial charge in [-0.05, 0) is 50.9 Å². The van der Waals surface area contributed by atoms with Gasteiger partial charge in [-0.3, -0.25) is 0 Å². The van der Waals surface area contributed by atoms with E-state index in [9.17, 15) is 0 Å². The van der Waals surface area contributed by atoms with Crippen molar-refractivity contribution in [2.45, 2.75) is 37.8 Å². The van der Waals surface area contributed by atoms with Crippen molar-refractivity contribution in [3.05, 3.63) is 35.4 Å². The van der Waals surface area contributed by atoms with E-state index in [0.717, 1.165) is 19.4 Å². The van der Waals surface area contributed by atoms with Crippen molar-refractivity contribution in [3.8, 4) is 0 Å². The molecule has 0 atom stereocenters. The molecule has 1 aromatic carbocycles. The zero-order valence-electron chi connectivity index (χ0n) is 10.4. The Labute approximate surface area is 98.4 Å². The van der Waals surface area contributed by atoms with Gasteiger partial charge in [-0.15, -0.1) is 0 Å². The first-order valence-corrected chi connectivity index (χ1v) is 6.09. The minimum absolute atomic E-state index is 0.172. The van der Waals surface area contributed by atoms with Crippen LogP contribution in [0.4, 0.5) is 0 Å². The lowest BCUT2D eigenvalue weighted by Gasteiger charge is -2.15. The highest BCUT2D eigenvalue weighted by atomic mass is 15.0. The number of aryl methyl sites for hydroxylation is 1. The molecule has 0 aliphatic heterocycles. The molecule has 2 rings (SSSR count). The average Bonchev–Trinajstić information content (AvgIpc) is 2.95. The number of nitrogens with two attached hydrogens (primary N) is 1. The molecule has 1 saturated carbocycles. The summed E-state index contributed by atoms with van der Waals surface area (Å²) < 4.78 is 0. The Morgan fingerprint density at radius 3 is 2.38 bits per heavy atom. The van der Waals surface area contributed by atoms with Gasteiger partial charge in [0.05, 0.1) is 0 Å². The van der Waals surface area contributed by atoms with Crippen molar-refractivity contribution >= 4 is 0 Å². The molecule has 0 unspecified atom stereocenters. The summed E-state index contributed by atoms with van der Waals surface area (Å²) in [7, 11) is 4.23. The maximum Gasteiger partial charge on any atom is 0.0230 e. The summed E-state index contributed by atoms with van der Waals surface area (Å²) in [5, 5.41) is 0. The number of hydrogen-bond donors (Lipinski definition) is 1. The van der Waals surface area contributed by atoms with Gasteiger partial charge in [0.1, 0.15) is 0 Å². The Morgan fingerprint density at radius 1 is 1.19 bits per heavy atom. The van der Waals surface area contributed by atoms with Crippen LogP contribution in [0.1, 0.15) is 30.4 Å². The topological polar surface area (TPSA) is 29.3 Å². The third kappa shape index (κ3) is 3.06. The number of hydrogen-bond acceptors (Lipinski definition) is 2. The van der Waals surface area contributed by atoms with Gasteiger partial charge in [0.25, 0.3) is 0 Å². The summed E-state index contributed by atoms with van der Waals surface area (Å²) >= 11 is 0. The van der Waals surface area contributed by atoms with Gasteiger partial charge in [0, 0.05) is 12.1 Å². The highest BCUT2D eigenvalue weighted by Gasteiger charge is 2.37. The van der Waals surface area contributed by atoms with Gasteiger partial charge < -0.3 is 10.6 Å².